The topological polar surface area (TPSA) is 40.7 Å². The van der Waals surface area contributed by atoms with E-state index in [0.29, 0.717) is 0 Å². The average Bonchev–Trinajstić information content (AvgIpc) is 2.75. The van der Waals surface area contributed by atoms with Crippen molar-refractivity contribution in [2.24, 2.45) is 0 Å². The Balaban J connectivity index is 2.14. The fourth-order valence-electron chi connectivity index (χ4n) is 1.81. The van der Waals surface area contributed by atoms with Gasteiger partial charge in [-0.15, -0.1) is 0 Å². The highest BCUT2D eigenvalue weighted by Crippen LogP contribution is 2.20. The lowest BCUT2D eigenvalue weighted by molar-refractivity contribution is 0.418. The number of H-pyrrole nitrogens is 1. The van der Waals surface area contributed by atoms with Gasteiger partial charge in [-0.3, -0.25) is 0 Å². The van der Waals surface area contributed by atoms with Crippen molar-refractivity contribution in [3.8, 4) is 11.3 Å². The number of nitrogens with one attached hydrogen (secondary N) is 2. The molecule has 3 heteroatoms. The summed E-state index contributed by atoms with van der Waals surface area (Å²) in [6, 6.07) is 8.33. The Morgan fingerprint density at radius 2 is 1.94 bits per heavy atom. The number of nitrogens with zero attached hydrogens (tertiary/aromatic N) is 1. The van der Waals surface area contributed by atoms with Gasteiger partial charge >= 0.3 is 0 Å². The first kappa shape index (κ1) is 12.8. The van der Waals surface area contributed by atoms with Crippen molar-refractivity contribution in [1.82, 2.24) is 15.3 Å². The van der Waals surface area contributed by atoms with Crippen LogP contribution in [0.2, 0.25) is 0 Å². The van der Waals surface area contributed by atoms with Gasteiger partial charge in [0.05, 0.1) is 18.4 Å². The van der Waals surface area contributed by atoms with Gasteiger partial charge in [0, 0.05) is 11.1 Å². The van der Waals surface area contributed by atoms with Crippen LogP contribution in [0.4, 0.5) is 0 Å². The molecule has 3 nitrogen and oxygen atoms in total. The van der Waals surface area contributed by atoms with E-state index in [2.05, 4.69) is 67.2 Å². The molecule has 0 aliphatic heterocycles. The highest BCUT2D eigenvalue weighted by atomic mass is 15.0. The Labute approximate surface area is 109 Å². The van der Waals surface area contributed by atoms with Crippen LogP contribution in [0, 0.1) is 6.92 Å². The van der Waals surface area contributed by atoms with Crippen LogP contribution in [0.15, 0.2) is 30.5 Å². The fraction of sp³-hybridized carbons (Fsp3) is 0.400. The normalized spacial score (nSPS) is 11.8. The Morgan fingerprint density at radius 3 is 2.61 bits per heavy atom. The molecule has 0 unspecified atom stereocenters. The second-order valence-electron chi connectivity index (χ2n) is 5.66. The zero-order valence-corrected chi connectivity index (χ0v) is 11.5. The van der Waals surface area contributed by atoms with E-state index in [0.717, 1.165) is 18.1 Å². The summed E-state index contributed by atoms with van der Waals surface area (Å²) in [5.41, 5.74) is 3.66. The number of imidazole rings is 1. The second-order valence-corrected chi connectivity index (χ2v) is 5.66. The SMILES string of the molecule is Cc1ccccc1-c1cnc(CNC(C)(C)C)[nH]1. The number of aromatic amines is 1. The first-order chi connectivity index (χ1) is 8.46. The van der Waals surface area contributed by atoms with Crippen LogP contribution < -0.4 is 5.32 Å². The van der Waals surface area contributed by atoms with Gasteiger partial charge in [0.25, 0.3) is 0 Å². The van der Waals surface area contributed by atoms with Crippen LogP contribution in [0.3, 0.4) is 0 Å². The van der Waals surface area contributed by atoms with Crippen LogP contribution >= 0.6 is 0 Å². The monoisotopic (exact) mass is 243 g/mol. The lowest BCUT2D eigenvalue weighted by atomic mass is 10.1. The van der Waals surface area contributed by atoms with E-state index >= 15 is 0 Å². The molecule has 18 heavy (non-hydrogen) atoms. The minimum atomic E-state index is 0.107. The molecule has 0 atom stereocenters. The summed E-state index contributed by atoms with van der Waals surface area (Å²) in [7, 11) is 0. The van der Waals surface area contributed by atoms with Crippen molar-refractivity contribution in [1.29, 1.82) is 0 Å². The van der Waals surface area contributed by atoms with Crippen LogP contribution in [0.25, 0.3) is 11.3 Å². The second kappa shape index (κ2) is 4.94. The Kier molecular flexibility index (Phi) is 3.53. The summed E-state index contributed by atoms with van der Waals surface area (Å²) in [4.78, 5) is 7.79. The van der Waals surface area contributed by atoms with Gasteiger partial charge in [-0.25, -0.2) is 4.98 Å². The summed E-state index contributed by atoms with van der Waals surface area (Å²) in [5, 5.41) is 3.42. The lowest BCUT2D eigenvalue weighted by Crippen LogP contribution is -2.35. The Bertz CT molecular complexity index is 521. The molecule has 1 aromatic heterocycles. The molecule has 0 amide bonds. The molecule has 0 fully saturated rings. The molecule has 0 saturated carbocycles. The van der Waals surface area contributed by atoms with Crippen molar-refractivity contribution in [3.63, 3.8) is 0 Å². The smallest absolute Gasteiger partial charge is 0.120 e. The summed E-state index contributed by atoms with van der Waals surface area (Å²) in [6.45, 7) is 9.33. The number of benzene rings is 1. The molecule has 96 valence electrons. The van der Waals surface area contributed by atoms with Crippen molar-refractivity contribution in [3.05, 3.63) is 41.9 Å². The molecule has 0 saturated heterocycles. The first-order valence-electron chi connectivity index (χ1n) is 6.30. The molecular weight excluding hydrogens is 222 g/mol. The summed E-state index contributed by atoms with van der Waals surface area (Å²) < 4.78 is 0. The molecule has 0 bridgehead atoms. The molecule has 0 aliphatic rings. The molecule has 1 heterocycles. The fourth-order valence-corrected chi connectivity index (χ4v) is 1.81. The van der Waals surface area contributed by atoms with E-state index in [1.54, 1.807) is 0 Å². The van der Waals surface area contributed by atoms with Gasteiger partial charge in [-0.05, 0) is 33.3 Å². The van der Waals surface area contributed by atoms with Crippen LogP contribution in [-0.4, -0.2) is 15.5 Å². The van der Waals surface area contributed by atoms with Gasteiger partial charge in [-0.1, -0.05) is 24.3 Å². The van der Waals surface area contributed by atoms with Crippen molar-refractivity contribution in [2.45, 2.75) is 39.8 Å². The average molecular weight is 243 g/mol. The number of aryl methyl sites for hydroxylation is 1. The quantitative estimate of drug-likeness (QED) is 0.868. The van der Waals surface area contributed by atoms with Crippen LogP contribution in [0.5, 0.6) is 0 Å². The number of rotatable bonds is 3. The maximum absolute atomic E-state index is 4.42. The minimum absolute atomic E-state index is 0.107. The van der Waals surface area contributed by atoms with Crippen molar-refractivity contribution < 1.29 is 0 Å². The van der Waals surface area contributed by atoms with Crippen molar-refractivity contribution >= 4 is 0 Å². The number of hydrogen-bond donors (Lipinski definition) is 2. The third kappa shape index (κ3) is 3.20. The summed E-state index contributed by atoms with van der Waals surface area (Å²) >= 11 is 0. The predicted molar refractivity (Wildman–Crippen MR) is 75.4 cm³/mol. The lowest BCUT2D eigenvalue weighted by Gasteiger charge is -2.19. The van der Waals surface area contributed by atoms with Gasteiger partial charge in [0.1, 0.15) is 5.82 Å². The van der Waals surface area contributed by atoms with E-state index in [4.69, 9.17) is 0 Å². The molecular formula is C15H21N3. The maximum Gasteiger partial charge on any atom is 0.120 e. The van der Waals surface area contributed by atoms with Gasteiger partial charge < -0.3 is 10.3 Å². The standard InChI is InChI=1S/C15H21N3/c1-11-7-5-6-8-12(11)13-9-16-14(18-13)10-17-15(2,3)4/h5-9,17H,10H2,1-4H3,(H,16,18). The highest BCUT2D eigenvalue weighted by Gasteiger charge is 2.10. The third-order valence-electron chi connectivity index (χ3n) is 2.85. The molecule has 2 N–H and O–H groups in total. The van der Waals surface area contributed by atoms with E-state index in [-0.39, 0.29) is 5.54 Å². The molecule has 2 aromatic rings. The maximum atomic E-state index is 4.42. The van der Waals surface area contributed by atoms with E-state index in [1.807, 2.05) is 6.20 Å². The molecule has 0 radical (unpaired) electrons. The molecule has 0 spiro atoms. The molecule has 1 aromatic carbocycles. The minimum Gasteiger partial charge on any atom is -0.341 e. The Morgan fingerprint density at radius 1 is 1.22 bits per heavy atom. The van der Waals surface area contributed by atoms with E-state index < -0.39 is 0 Å². The number of hydrogen-bond acceptors (Lipinski definition) is 2. The summed E-state index contributed by atoms with van der Waals surface area (Å²) in [6.07, 6.45) is 1.90. The first-order valence-corrected chi connectivity index (χ1v) is 6.30. The zero-order valence-electron chi connectivity index (χ0n) is 11.5. The van der Waals surface area contributed by atoms with Gasteiger partial charge in [-0.2, -0.15) is 0 Å². The molecule has 0 aliphatic carbocycles. The van der Waals surface area contributed by atoms with Crippen LogP contribution in [0.1, 0.15) is 32.2 Å². The van der Waals surface area contributed by atoms with E-state index in [9.17, 15) is 0 Å². The Hall–Kier alpha value is -1.61. The van der Waals surface area contributed by atoms with E-state index in [1.165, 1.54) is 11.1 Å². The van der Waals surface area contributed by atoms with Crippen molar-refractivity contribution in [2.75, 3.05) is 0 Å². The summed E-state index contributed by atoms with van der Waals surface area (Å²) in [5.74, 6) is 0.975. The molecule has 2 rings (SSSR count). The largest absolute Gasteiger partial charge is 0.341 e. The predicted octanol–water partition coefficient (Wildman–Crippen LogP) is 3.27. The van der Waals surface area contributed by atoms with Gasteiger partial charge in [0.2, 0.25) is 0 Å². The van der Waals surface area contributed by atoms with Gasteiger partial charge in [0.15, 0.2) is 0 Å². The third-order valence-corrected chi connectivity index (χ3v) is 2.85. The zero-order chi connectivity index (χ0) is 13.2. The van der Waals surface area contributed by atoms with Crippen LogP contribution in [-0.2, 0) is 6.54 Å². The number of aromatic nitrogens is 2. The highest BCUT2D eigenvalue weighted by molar-refractivity contribution is 5.62.